The summed E-state index contributed by atoms with van der Waals surface area (Å²) < 4.78 is 0. The van der Waals surface area contributed by atoms with Crippen molar-refractivity contribution in [2.24, 2.45) is 5.41 Å². The molecule has 1 aromatic carbocycles. The van der Waals surface area contributed by atoms with Gasteiger partial charge in [-0.1, -0.05) is 25.4 Å². The number of benzene rings is 1. The standard InChI is InChI=1S/C21H25ClN4/c1-4-26(17-8-7-16(13-23)19(22)12-17)20-15-25(11-9-21(20,2)3)18-6-5-10-24-14-18/h5-8,10,12,14,20H,4,9,11,15H2,1-3H3. The minimum absolute atomic E-state index is 0.176. The molecule has 1 aliphatic heterocycles. The SMILES string of the molecule is CCN(c1ccc(C#N)c(Cl)c1)C1CN(c2cccnc2)CCC1(C)C. The van der Waals surface area contributed by atoms with Gasteiger partial charge in [0.1, 0.15) is 6.07 Å². The fourth-order valence-electron chi connectivity index (χ4n) is 3.79. The average Bonchev–Trinajstić information content (AvgIpc) is 2.64. The third-order valence-electron chi connectivity index (χ3n) is 5.45. The van der Waals surface area contributed by atoms with Gasteiger partial charge in [0.2, 0.25) is 0 Å². The molecule has 0 saturated carbocycles. The van der Waals surface area contributed by atoms with Gasteiger partial charge in [0.15, 0.2) is 0 Å². The zero-order valence-electron chi connectivity index (χ0n) is 15.6. The van der Waals surface area contributed by atoms with Crippen LogP contribution in [-0.4, -0.2) is 30.7 Å². The lowest BCUT2D eigenvalue weighted by Gasteiger charge is -2.50. The molecule has 0 bridgehead atoms. The first-order chi connectivity index (χ1) is 12.5. The van der Waals surface area contributed by atoms with Crippen LogP contribution in [0, 0.1) is 16.7 Å². The number of nitriles is 1. The van der Waals surface area contributed by atoms with E-state index in [2.05, 4.69) is 47.7 Å². The zero-order valence-corrected chi connectivity index (χ0v) is 16.4. The highest BCUT2D eigenvalue weighted by molar-refractivity contribution is 6.32. The second-order valence-corrected chi connectivity index (χ2v) is 7.88. The van der Waals surface area contributed by atoms with Gasteiger partial charge in [0.05, 0.1) is 28.5 Å². The van der Waals surface area contributed by atoms with Gasteiger partial charge in [-0.25, -0.2) is 0 Å². The lowest BCUT2D eigenvalue weighted by Crippen LogP contribution is -2.57. The summed E-state index contributed by atoms with van der Waals surface area (Å²) in [6.45, 7) is 9.70. The molecular formula is C21H25ClN4. The number of likely N-dealkylation sites (N-methyl/N-ethyl adjacent to an activating group) is 1. The molecule has 2 heterocycles. The summed E-state index contributed by atoms with van der Waals surface area (Å²) in [6, 6.07) is 12.3. The molecule has 3 rings (SSSR count). The first-order valence-corrected chi connectivity index (χ1v) is 9.45. The number of halogens is 1. The van der Waals surface area contributed by atoms with Crippen LogP contribution in [0.5, 0.6) is 0 Å². The lowest BCUT2D eigenvalue weighted by atomic mass is 9.77. The van der Waals surface area contributed by atoms with Crippen molar-refractivity contribution in [3.05, 3.63) is 53.3 Å². The van der Waals surface area contributed by atoms with E-state index in [4.69, 9.17) is 16.9 Å². The van der Waals surface area contributed by atoms with Crippen molar-refractivity contribution in [2.45, 2.75) is 33.2 Å². The number of rotatable bonds is 4. The molecule has 0 N–H and O–H groups in total. The van der Waals surface area contributed by atoms with Crippen LogP contribution < -0.4 is 9.80 Å². The fourth-order valence-corrected chi connectivity index (χ4v) is 4.01. The number of piperidine rings is 1. The second-order valence-electron chi connectivity index (χ2n) is 7.47. The molecule has 0 aliphatic carbocycles. The van der Waals surface area contributed by atoms with Crippen molar-refractivity contribution in [1.82, 2.24) is 4.98 Å². The summed E-state index contributed by atoms with van der Waals surface area (Å²) in [7, 11) is 0. The maximum Gasteiger partial charge on any atom is 0.101 e. The number of hydrogen-bond acceptors (Lipinski definition) is 4. The van der Waals surface area contributed by atoms with Crippen LogP contribution in [0.3, 0.4) is 0 Å². The largest absolute Gasteiger partial charge is 0.368 e. The summed E-state index contributed by atoms with van der Waals surface area (Å²) in [5.74, 6) is 0. The topological polar surface area (TPSA) is 43.2 Å². The summed E-state index contributed by atoms with van der Waals surface area (Å²) in [6.07, 6.45) is 4.85. The van der Waals surface area contributed by atoms with Crippen LogP contribution in [-0.2, 0) is 0 Å². The molecular weight excluding hydrogens is 344 g/mol. The van der Waals surface area contributed by atoms with E-state index in [0.29, 0.717) is 16.6 Å². The first-order valence-electron chi connectivity index (χ1n) is 9.07. The van der Waals surface area contributed by atoms with Crippen LogP contribution in [0.15, 0.2) is 42.7 Å². The van der Waals surface area contributed by atoms with Crippen LogP contribution in [0.25, 0.3) is 0 Å². The van der Waals surface area contributed by atoms with E-state index >= 15 is 0 Å². The van der Waals surface area contributed by atoms with Crippen LogP contribution in [0.2, 0.25) is 5.02 Å². The second kappa shape index (κ2) is 7.55. The maximum absolute atomic E-state index is 9.14. The van der Waals surface area contributed by atoms with Crippen LogP contribution >= 0.6 is 11.6 Å². The number of nitrogens with zero attached hydrogens (tertiary/aromatic N) is 4. The van der Waals surface area contributed by atoms with Crippen molar-refractivity contribution in [2.75, 3.05) is 29.4 Å². The Labute approximate surface area is 161 Å². The van der Waals surface area contributed by atoms with E-state index in [-0.39, 0.29) is 5.41 Å². The Kier molecular flexibility index (Phi) is 5.38. The molecule has 2 aromatic rings. The molecule has 1 unspecified atom stereocenters. The van der Waals surface area contributed by atoms with E-state index in [1.807, 2.05) is 36.7 Å². The van der Waals surface area contributed by atoms with Crippen molar-refractivity contribution in [3.8, 4) is 6.07 Å². The van der Waals surface area contributed by atoms with E-state index in [1.165, 1.54) is 5.69 Å². The van der Waals surface area contributed by atoms with Gasteiger partial charge in [-0.15, -0.1) is 0 Å². The quantitative estimate of drug-likeness (QED) is 0.781. The monoisotopic (exact) mass is 368 g/mol. The summed E-state index contributed by atoms with van der Waals surface area (Å²) in [5, 5.41) is 9.65. The third-order valence-corrected chi connectivity index (χ3v) is 5.77. The fraction of sp³-hybridized carbons (Fsp3) is 0.429. The van der Waals surface area contributed by atoms with Crippen molar-refractivity contribution in [1.29, 1.82) is 5.26 Å². The molecule has 136 valence electrons. The van der Waals surface area contributed by atoms with E-state index in [0.717, 1.165) is 31.7 Å². The highest BCUT2D eigenvalue weighted by Gasteiger charge is 2.39. The van der Waals surface area contributed by atoms with Gasteiger partial charge in [-0.3, -0.25) is 4.98 Å². The lowest BCUT2D eigenvalue weighted by molar-refractivity contribution is 0.225. The van der Waals surface area contributed by atoms with E-state index in [1.54, 1.807) is 0 Å². The first kappa shape index (κ1) is 18.5. The van der Waals surface area contributed by atoms with Crippen molar-refractivity contribution < 1.29 is 0 Å². The molecule has 1 aromatic heterocycles. The van der Waals surface area contributed by atoms with Gasteiger partial charge < -0.3 is 9.80 Å². The van der Waals surface area contributed by atoms with Gasteiger partial charge in [-0.2, -0.15) is 5.26 Å². The number of anilines is 2. The minimum Gasteiger partial charge on any atom is -0.368 e. The molecule has 5 heteroatoms. The highest BCUT2D eigenvalue weighted by atomic mass is 35.5. The molecule has 26 heavy (non-hydrogen) atoms. The highest BCUT2D eigenvalue weighted by Crippen LogP contribution is 2.38. The van der Waals surface area contributed by atoms with Crippen LogP contribution in [0.1, 0.15) is 32.8 Å². The molecule has 1 aliphatic rings. The average molecular weight is 369 g/mol. The number of aromatic nitrogens is 1. The maximum atomic E-state index is 9.14. The van der Waals surface area contributed by atoms with Crippen LogP contribution in [0.4, 0.5) is 11.4 Å². The Morgan fingerprint density at radius 2 is 2.19 bits per heavy atom. The van der Waals surface area contributed by atoms with E-state index in [9.17, 15) is 0 Å². The van der Waals surface area contributed by atoms with Crippen molar-refractivity contribution >= 4 is 23.0 Å². The zero-order chi connectivity index (χ0) is 18.7. The number of hydrogen-bond donors (Lipinski definition) is 0. The molecule has 0 amide bonds. The Morgan fingerprint density at radius 1 is 1.38 bits per heavy atom. The van der Waals surface area contributed by atoms with E-state index < -0.39 is 0 Å². The molecule has 1 atom stereocenters. The van der Waals surface area contributed by atoms with Gasteiger partial charge in [0.25, 0.3) is 0 Å². The predicted molar refractivity (Wildman–Crippen MR) is 108 cm³/mol. The van der Waals surface area contributed by atoms with Gasteiger partial charge in [0, 0.05) is 31.5 Å². The van der Waals surface area contributed by atoms with Gasteiger partial charge in [-0.05, 0) is 49.1 Å². The Morgan fingerprint density at radius 3 is 2.81 bits per heavy atom. The molecule has 0 radical (unpaired) electrons. The summed E-state index contributed by atoms with van der Waals surface area (Å²) in [4.78, 5) is 9.10. The number of pyridine rings is 1. The van der Waals surface area contributed by atoms with Gasteiger partial charge >= 0.3 is 0 Å². The predicted octanol–water partition coefficient (Wildman–Crippen LogP) is 4.74. The smallest absolute Gasteiger partial charge is 0.101 e. The Balaban J connectivity index is 1.91. The summed E-state index contributed by atoms with van der Waals surface area (Å²) in [5.41, 5.74) is 2.94. The molecule has 0 spiro atoms. The third kappa shape index (κ3) is 3.64. The molecule has 1 saturated heterocycles. The minimum atomic E-state index is 0.176. The van der Waals surface area contributed by atoms with Crippen molar-refractivity contribution in [3.63, 3.8) is 0 Å². The summed E-state index contributed by atoms with van der Waals surface area (Å²) >= 11 is 6.30. The normalized spacial score (nSPS) is 19.0. The molecule has 1 fully saturated rings. The Hall–Kier alpha value is -2.25. The Bertz CT molecular complexity index is 797. The molecule has 4 nitrogen and oxygen atoms in total.